The van der Waals surface area contributed by atoms with E-state index in [1.165, 1.54) is 43.8 Å². The van der Waals surface area contributed by atoms with Crippen LogP contribution in [0.25, 0.3) is 88.2 Å². The van der Waals surface area contributed by atoms with Crippen LogP contribution in [-0.2, 0) is 5.41 Å². The molecule has 1 aliphatic rings. The third kappa shape index (κ3) is 3.43. The number of para-hydroxylation sites is 1. The summed E-state index contributed by atoms with van der Waals surface area (Å²) >= 11 is 0. The van der Waals surface area contributed by atoms with Crippen LogP contribution in [0.15, 0.2) is 138 Å². The molecule has 3 heteroatoms. The molecule has 0 aliphatic heterocycles. The van der Waals surface area contributed by atoms with Crippen LogP contribution in [0, 0.1) is 0 Å². The molecule has 3 nitrogen and oxygen atoms in total. The van der Waals surface area contributed by atoms with Gasteiger partial charge < -0.3 is 4.42 Å². The van der Waals surface area contributed by atoms with Crippen molar-refractivity contribution >= 4 is 54.4 Å². The zero-order valence-corrected chi connectivity index (χ0v) is 25.5. The first-order valence-electron chi connectivity index (χ1n) is 15.8. The Labute approximate surface area is 265 Å². The zero-order valence-electron chi connectivity index (χ0n) is 25.5. The standard InChI is InChI=1S/C43H28N2O/c1-43(2)34-23-22-31-30-20-18-26-17-16-25-10-6-7-13-29(25)37(26)40(30)46-41(31)38(34)32-21-19-28(24-35(32)43)42-44-36-15-9-8-14-33(36)39(45-42)27-11-4-3-5-12-27/h3-24H,1-2H3. The molecule has 0 spiro atoms. The number of aromatic nitrogens is 2. The molecule has 2 aromatic heterocycles. The van der Waals surface area contributed by atoms with Gasteiger partial charge in [-0.1, -0.05) is 129 Å². The third-order valence-corrected chi connectivity index (χ3v) is 10.1. The van der Waals surface area contributed by atoms with E-state index in [9.17, 15) is 0 Å². The van der Waals surface area contributed by atoms with Crippen LogP contribution in [0.3, 0.4) is 0 Å². The molecule has 0 fully saturated rings. The number of furan rings is 1. The van der Waals surface area contributed by atoms with Gasteiger partial charge in [-0.05, 0) is 51.0 Å². The Kier molecular flexibility index (Phi) is 5.06. The lowest BCUT2D eigenvalue weighted by Gasteiger charge is -2.22. The summed E-state index contributed by atoms with van der Waals surface area (Å²) in [7, 11) is 0. The molecule has 1 aliphatic carbocycles. The number of hydrogen-bond acceptors (Lipinski definition) is 3. The highest BCUT2D eigenvalue weighted by Gasteiger charge is 2.38. The number of fused-ring (bicyclic) bond motifs is 12. The molecular weight excluding hydrogens is 560 g/mol. The molecule has 0 bridgehead atoms. The van der Waals surface area contributed by atoms with Gasteiger partial charge in [0.15, 0.2) is 5.82 Å². The van der Waals surface area contributed by atoms with Crippen molar-refractivity contribution in [2.75, 3.05) is 0 Å². The second-order valence-electron chi connectivity index (χ2n) is 13.0. The molecule has 0 saturated heterocycles. The predicted octanol–water partition coefficient (Wildman–Crippen LogP) is 11.5. The van der Waals surface area contributed by atoms with E-state index in [2.05, 4.69) is 135 Å². The molecule has 10 rings (SSSR count). The molecule has 0 amide bonds. The van der Waals surface area contributed by atoms with Crippen molar-refractivity contribution in [2.24, 2.45) is 0 Å². The average molecular weight is 589 g/mol. The first-order chi connectivity index (χ1) is 22.6. The van der Waals surface area contributed by atoms with Crippen molar-refractivity contribution in [1.29, 1.82) is 0 Å². The van der Waals surface area contributed by atoms with Gasteiger partial charge in [0.25, 0.3) is 0 Å². The van der Waals surface area contributed by atoms with E-state index in [0.717, 1.165) is 55.5 Å². The topological polar surface area (TPSA) is 38.9 Å². The van der Waals surface area contributed by atoms with Crippen molar-refractivity contribution in [2.45, 2.75) is 19.3 Å². The maximum atomic E-state index is 6.97. The van der Waals surface area contributed by atoms with Crippen molar-refractivity contribution in [3.8, 4) is 33.8 Å². The van der Waals surface area contributed by atoms with Crippen molar-refractivity contribution in [1.82, 2.24) is 9.97 Å². The molecule has 0 saturated carbocycles. The van der Waals surface area contributed by atoms with Crippen molar-refractivity contribution in [3.05, 3.63) is 145 Å². The highest BCUT2D eigenvalue weighted by Crippen LogP contribution is 2.53. The fraction of sp³-hybridized carbons (Fsp3) is 0.0698. The van der Waals surface area contributed by atoms with Crippen molar-refractivity contribution < 1.29 is 4.42 Å². The minimum absolute atomic E-state index is 0.221. The highest BCUT2D eigenvalue weighted by atomic mass is 16.3. The van der Waals surface area contributed by atoms with E-state index < -0.39 is 0 Å². The zero-order chi connectivity index (χ0) is 30.6. The van der Waals surface area contributed by atoms with Crippen LogP contribution >= 0.6 is 0 Å². The molecule has 2 heterocycles. The van der Waals surface area contributed by atoms with Crippen LogP contribution in [0.5, 0.6) is 0 Å². The lowest BCUT2D eigenvalue weighted by atomic mass is 9.82. The van der Waals surface area contributed by atoms with E-state index in [1.54, 1.807) is 0 Å². The highest BCUT2D eigenvalue weighted by molar-refractivity contribution is 6.24. The third-order valence-electron chi connectivity index (χ3n) is 10.1. The maximum Gasteiger partial charge on any atom is 0.160 e. The summed E-state index contributed by atoms with van der Waals surface area (Å²) in [4.78, 5) is 10.2. The summed E-state index contributed by atoms with van der Waals surface area (Å²) in [5.41, 5.74) is 10.6. The Morgan fingerprint density at radius 2 is 1.24 bits per heavy atom. The number of benzene rings is 7. The van der Waals surface area contributed by atoms with E-state index >= 15 is 0 Å². The van der Waals surface area contributed by atoms with E-state index in [0.29, 0.717) is 0 Å². The van der Waals surface area contributed by atoms with Crippen LogP contribution in [-0.4, -0.2) is 9.97 Å². The van der Waals surface area contributed by atoms with E-state index in [-0.39, 0.29) is 5.41 Å². The SMILES string of the molecule is CC1(C)c2cc(-c3nc(-c4ccccc4)c4ccccc4n3)ccc2-c2c1ccc1c2oc2c1ccc1ccc3ccccc3c12. The largest absolute Gasteiger partial charge is 0.455 e. The van der Waals surface area contributed by atoms with Gasteiger partial charge in [0.1, 0.15) is 11.2 Å². The molecule has 0 atom stereocenters. The first kappa shape index (κ1) is 25.5. The minimum Gasteiger partial charge on any atom is -0.455 e. The van der Waals surface area contributed by atoms with Gasteiger partial charge in [-0.2, -0.15) is 0 Å². The quantitative estimate of drug-likeness (QED) is 0.189. The second-order valence-corrected chi connectivity index (χ2v) is 13.0. The lowest BCUT2D eigenvalue weighted by molar-refractivity contribution is 0.654. The minimum atomic E-state index is -0.221. The summed E-state index contributed by atoms with van der Waals surface area (Å²) < 4.78 is 6.97. The Morgan fingerprint density at radius 3 is 2.13 bits per heavy atom. The Balaban J connectivity index is 1.20. The van der Waals surface area contributed by atoms with Gasteiger partial charge in [0.05, 0.1) is 11.2 Å². The smallest absolute Gasteiger partial charge is 0.160 e. The maximum absolute atomic E-state index is 6.97. The number of hydrogen-bond donors (Lipinski definition) is 0. The van der Waals surface area contributed by atoms with Crippen molar-refractivity contribution in [3.63, 3.8) is 0 Å². The molecule has 7 aromatic carbocycles. The average Bonchev–Trinajstić information content (AvgIpc) is 3.60. The normalized spacial score (nSPS) is 13.6. The fourth-order valence-electron chi connectivity index (χ4n) is 7.76. The lowest BCUT2D eigenvalue weighted by Crippen LogP contribution is -2.15. The van der Waals surface area contributed by atoms with Gasteiger partial charge >= 0.3 is 0 Å². The summed E-state index contributed by atoms with van der Waals surface area (Å²) in [6.07, 6.45) is 0. The summed E-state index contributed by atoms with van der Waals surface area (Å²) in [6, 6.07) is 47.4. The summed E-state index contributed by atoms with van der Waals surface area (Å²) in [5, 5.41) is 8.17. The molecular formula is C43H28N2O. The number of nitrogens with zero attached hydrogens (tertiary/aromatic N) is 2. The monoisotopic (exact) mass is 588 g/mol. The van der Waals surface area contributed by atoms with Gasteiger partial charge in [0, 0.05) is 43.7 Å². The van der Waals surface area contributed by atoms with Crippen LogP contribution in [0.4, 0.5) is 0 Å². The summed E-state index contributed by atoms with van der Waals surface area (Å²) in [6.45, 7) is 4.63. The molecule has 0 radical (unpaired) electrons. The Morgan fingerprint density at radius 1 is 0.522 bits per heavy atom. The van der Waals surface area contributed by atoms with Gasteiger partial charge in [-0.15, -0.1) is 0 Å². The van der Waals surface area contributed by atoms with Gasteiger partial charge in [-0.3, -0.25) is 0 Å². The van der Waals surface area contributed by atoms with Gasteiger partial charge in [-0.25, -0.2) is 9.97 Å². The molecule has 9 aromatic rings. The Bertz CT molecular complexity index is 2720. The van der Waals surface area contributed by atoms with E-state index in [4.69, 9.17) is 14.4 Å². The Hall–Kier alpha value is -5.80. The van der Waals surface area contributed by atoms with Crippen LogP contribution in [0.1, 0.15) is 25.0 Å². The predicted molar refractivity (Wildman–Crippen MR) is 190 cm³/mol. The van der Waals surface area contributed by atoms with Gasteiger partial charge in [0.2, 0.25) is 0 Å². The first-order valence-corrected chi connectivity index (χ1v) is 15.8. The van der Waals surface area contributed by atoms with E-state index in [1.807, 2.05) is 12.1 Å². The van der Waals surface area contributed by atoms with Crippen LogP contribution < -0.4 is 0 Å². The fourth-order valence-corrected chi connectivity index (χ4v) is 7.76. The molecule has 46 heavy (non-hydrogen) atoms. The number of rotatable bonds is 2. The molecule has 0 N–H and O–H groups in total. The molecule has 0 unspecified atom stereocenters. The second kappa shape index (κ2) is 9.12. The van der Waals surface area contributed by atoms with Crippen LogP contribution in [0.2, 0.25) is 0 Å². The summed E-state index contributed by atoms with van der Waals surface area (Å²) in [5.74, 6) is 0.736. The molecule has 216 valence electrons.